The Kier molecular flexibility index (Phi) is 6.37. The number of nitrogens with two attached hydrogens (primary N) is 1. The quantitative estimate of drug-likeness (QED) is 0.473. The van der Waals surface area contributed by atoms with Gasteiger partial charge in [0.25, 0.3) is 0 Å². The Morgan fingerprint density at radius 1 is 1.33 bits per heavy atom. The normalized spacial score (nSPS) is 10.5. The van der Waals surface area contributed by atoms with Crippen LogP contribution in [-0.4, -0.2) is 17.3 Å². The summed E-state index contributed by atoms with van der Waals surface area (Å²) in [7, 11) is 0. The molecule has 0 spiro atoms. The van der Waals surface area contributed by atoms with Crippen LogP contribution in [0.3, 0.4) is 0 Å². The summed E-state index contributed by atoms with van der Waals surface area (Å²) < 4.78 is 0. The van der Waals surface area contributed by atoms with E-state index in [9.17, 15) is 0 Å². The van der Waals surface area contributed by atoms with Crippen molar-refractivity contribution in [1.29, 1.82) is 0 Å². The highest BCUT2D eigenvalue weighted by Gasteiger charge is 2.00. The first-order valence-corrected chi connectivity index (χ1v) is 7.51. The van der Waals surface area contributed by atoms with Crippen molar-refractivity contribution in [3.63, 3.8) is 0 Å². The van der Waals surface area contributed by atoms with Gasteiger partial charge in [0.05, 0.1) is 0 Å². The molecule has 0 aromatic heterocycles. The molecule has 2 N–H and O–H groups in total. The second kappa shape index (κ2) is 7.31. The summed E-state index contributed by atoms with van der Waals surface area (Å²) in [5, 5.41) is 0.707. The van der Waals surface area contributed by atoms with Crippen molar-refractivity contribution in [2.45, 2.75) is 18.2 Å². The van der Waals surface area contributed by atoms with Gasteiger partial charge in [-0.15, -0.1) is 11.8 Å². The molecule has 0 unspecified atom stereocenters. The average molecular weight is 262 g/mol. The van der Waals surface area contributed by atoms with E-state index < -0.39 is 0 Å². The smallest absolute Gasteiger partial charge is 0.0467 e. The lowest BCUT2D eigenvalue weighted by Gasteiger charge is -2.05. The number of thioether (sulfide) groups is 2. The molecule has 0 aliphatic rings. The number of nitrogen functional groups attached to an aromatic ring is 1. The number of anilines is 1. The Morgan fingerprint density at radius 2 is 2.13 bits per heavy atom. The SMILES string of the molecule is CCSCCCSc1ccc(Cl)cc1N. The number of hydrogen-bond acceptors (Lipinski definition) is 3. The fraction of sp³-hybridized carbons (Fsp3) is 0.455. The molecule has 1 nitrogen and oxygen atoms in total. The number of rotatable bonds is 6. The molecule has 0 bridgehead atoms. The lowest BCUT2D eigenvalue weighted by Crippen LogP contribution is -1.90. The molecule has 0 saturated carbocycles. The lowest BCUT2D eigenvalue weighted by molar-refractivity contribution is 1.12. The standard InChI is InChI=1S/C11H16ClNS2/c1-2-14-6-3-7-15-11-5-4-9(12)8-10(11)13/h4-5,8H,2-3,6-7,13H2,1H3. The van der Waals surface area contributed by atoms with Gasteiger partial charge in [0.15, 0.2) is 0 Å². The third-order valence-electron chi connectivity index (χ3n) is 1.87. The van der Waals surface area contributed by atoms with E-state index in [-0.39, 0.29) is 0 Å². The van der Waals surface area contributed by atoms with Crippen molar-refractivity contribution in [3.05, 3.63) is 23.2 Å². The van der Waals surface area contributed by atoms with Crippen LogP contribution < -0.4 is 5.73 Å². The van der Waals surface area contributed by atoms with Crippen molar-refractivity contribution in [2.24, 2.45) is 0 Å². The number of benzene rings is 1. The molecule has 15 heavy (non-hydrogen) atoms. The van der Waals surface area contributed by atoms with Gasteiger partial charge in [0.2, 0.25) is 0 Å². The highest BCUT2D eigenvalue weighted by molar-refractivity contribution is 8.00. The molecule has 0 saturated heterocycles. The Bertz CT molecular complexity index is 305. The van der Waals surface area contributed by atoms with E-state index in [1.54, 1.807) is 0 Å². The summed E-state index contributed by atoms with van der Waals surface area (Å²) in [5.74, 6) is 3.56. The second-order valence-electron chi connectivity index (χ2n) is 3.08. The predicted octanol–water partition coefficient (Wildman–Crippen LogP) is 4.16. The van der Waals surface area contributed by atoms with Gasteiger partial charge >= 0.3 is 0 Å². The number of halogens is 1. The maximum atomic E-state index is 5.85. The maximum absolute atomic E-state index is 5.85. The summed E-state index contributed by atoms with van der Waals surface area (Å²) in [5.41, 5.74) is 6.64. The largest absolute Gasteiger partial charge is 0.398 e. The molecule has 0 atom stereocenters. The van der Waals surface area contributed by atoms with E-state index in [1.165, 1.54) is 17.9 Å². The molecule has 0 heterocycles. The molecular formula is C11H16ClNS2. The van der Waals surface area contributed by atoms with Crippen LogP contribution in [0.1, 0.15) is 13.3 Å². The maximum Gasteiger partial charge on any atom is 0.0467 e. The first-order chi connectivity index (χ1) is 7.24. The van der Waals surface area contributed by atoms with E-state index in [0.717, 1.165) is 16.3 Å². The number of hydrogen-bond donors (Lipinski definition) is 1. The van der Waals surface area contributed by atoms with Crippen molar-refractivity contribution < 1.29 is 0 Å². The van der Waals surface area contributed by atoms with Gasteiger partial charge in [0, 0.05) is 15.6 Å². The topological polar surface area (TPSA) is 26.0 Å². The van der Waals surface area contributed by atoms with Gasteiger partial charge in [-0.25, -0.2) is 0 Å². The molecular weight excluding hydrogens is 246 g/mol. The predicted molar refractivity (Wildman–Crippen MR) is 74.2 cm³/mol. The van der Waals surface area contributed by atoms with Gasteiger partial charge in [-0.2, -0.15) is 11.8 Å². The minimum atomic E-state index is 0.707. The molecule has 0 fully saturated rings. The Labute approximate surface area is 105 Å². The summed E-state index contributed by atoms with van der Waals surface area (Å²) in [6, 6.07) is 5.70. The van der Waals surface area contributed by atoms with Crippen LogP contribution in [0, 0.1) is 0 Å². The molecule has 84 valence electrons. The third-order valence-corrected chi connectivity index (χ3v) is 4.26. The van der Waals surface area contributed by atoms with Gasteiger partial charge in [-0.05, 0) is 41.9 Å². The fourth-order valence-corrected chi connectivity index (χ4v) is 3.04. The molecule has 0 aliphatic carbocycles. The van der Waals surface area contributed by atoms with Crippen molar-refractivity contribution in [3.8, 4) is 0 Å². The second-order valence-corrected chi connectivity index (χ2v) is 6.05. The highest BCUT2D eigenvalue weighted by atomic mass is 35.5. The molecule has 4 heteroatoms. The first kappa shape index (κ1) is 13.1. The molecule has 0 amide bonds. The van der Waals surface area contributed by atoms with Crippen LogP contribution >= 0.6 is 35.1 Å². The first-order valence-electron chi connectivity index (χ1n) is 4.99. The van der Waals surface area contributed by atoms with Crippen LogP contribution in [0.15, 0.2) is 23.1 Å². The molecule has 0 aliphatic heterocycles. The minimum Gasteiger partial charge on any atom is -0.398 e. The van der Waals surface area contributed by atoms with E-state index >= 15 is 0 Å². The fourth-order valence-electron chi connectivity index (χ4n) is 1.14. The van der Waals surface area contributed by atoms with E-state index in [0.29, 0.717) is 5.02 Å². The van der Waals surface area contributed by atoms with Gasteiger partial charge < -0.3 is 5.73 Å². The molecule has 1 aromatic carbocycles. The van der Waals surface area contributed by atoms with E-state index in [1.807, 2.05) is 41.7 Å². The Balaban J connectivity index is 2.31. The summed E-state index contributed by atoms with van der Waals surface area (Å²) >= 11 is 9.62. The van der Waals surface area contributed by atoms with Gasteiger partial charge in [-0.1, -0.05) is 18.5 Å². The zero-order valence-corrected chi connectivity index (χ0v) is 11.2. The third kappa shape index (κ3) is 5.05. The van der Waals surface area contributed by atoms with Crippen molar-refractivity contribution in [1.82, 2.24) is 0 Å². The summed E-state index contributed by atoms with van der Waals surface area (Å²) in [4.78, 5) is 1.14. The molecule has 1 aromatic rings. The van der Waals surface area contributed by atoms with Gasteiger partial charge in [-0.3, -0.25) is 0 Å². The van der Waals surface area contributed by atoms with Crippen LogP contribution in [0.25, 0.3) is 0 Å². The minimum absolute atomic E-state index is 0.707. The van der Waals surface area contributed by atoms with Crippen molar-refractivity contribution in [2.75, 3.05) is 23.0 Å². The van der Waals surface area contributed by atoms with Crippen LogP contribution in [0.4, 0.5) is 5.69 Å². The zero-order valence-electron chi connectivity index (χ0n) is 8.83. The van der Waals surface area contributed by atoms with Gasteiger partial charge in [0.1, 0.15) is 0 Å². The Morgan fingerprint density at radius 3 is 2.80 bits per heavy atom. The summed E-state index contributed by atoms with van der Waals surface area (Å²) in [6.45, 7) is 2.19. The van der Waals surface area contributed by atoms with Crippen molar-refractivity contribution >= 4 is 40.8 Å². The molecule has 0 radical (unpaired) electrons. The lowest BCUT2D eigenvalue weighted by atomic mass is 10.3. The molecule has 1 rings (SSSR count). The van der Waals surface area contributed by atoms with Crippen LogP contribution in [0.2, 0.25) is 5.02 Å². The average Bonchev–Trinajstić information content (AvgIpc) is 2.20. The Hall–Kier alpha value is 0.01000. The highest BCUT2D eigenvalue weighted by Crippen LogP contribution is 2.28. The monoisotopic (exact) mass is 261 g/mol. The summed E-state index contributed by atoms with van der Waals surface area (Å²) in [6.07, 6.45) is 1.23. The van der Waals surface area contributed by atoms with E-state index in [4.69, 9.17) is 17.3 Å². The van der Waals surface area contributed by atoms with E-state index in [2.05, 4.69) is 6.92 Å². The van der Waals surface area contributed by atoms with Crippen LogP contribution in [-0.2, 0) is 0 Å². The zero-order chi connectivity index (χ0) is 11.1. The van der Waals surface area contributed by atoms with Crippen LogP contribution in [0.5, 0.6) is 0 Å².